The second kappa shape index (κ2) is 5.60. The van der Waals surface area contributed by atoms with Crippen LogP contribution < -0.4 is 10.6 Å². The van der Waals surface area contributed by atoms with Crippen molar-refractivity contribution in [3.8, 4) is 0 Å². The molecule has 1 aliphatic rings. The van der Waals surface area contributed by atoms with Gasteiger partial charge < -0.3 is 15.2 Å². The number of amides is 1. The number of hydrogen-bond donors (Lipinski definition) is 2. The van der Waals surface area contributed by atoms with E-state index in [1.165, 1.54) is 6.07 Å². The Morgan fingerprint density at radius 3 is 3.00 bits per heavy atom. The van der Waals surface area contributed by atoms with Gasteiger partial charge in [0, 0.05) is 37.6 Å². The molecule has 2 N–H and O–H groups in total. The number of carbonyl (C=O) groups is 1. The Labute approximate surface area is 123 Å². The van der Waals surface area contributed by atoms with Crippen molar-refractivity contribution in [3.63, 3.8) is 0 Å². The van der Waals surface area contributed by atoms with Crippen molar-refractivity contribution in [2.45, 2.75) is 32.9 Å². The fourth-order valence-electron chi connectivity index (χ4n) is 2.52. The number of carbonyl (C=O) groups excluding carboxylic acids is 1. The summed E-state index contributed by atoms with van der Waals surface area (Å²) in [7, 11) is 0. The third-order valence-electron chi connectivity index (χ3n) is 3.75. The topological polar surface area (TPSA) is 46.1 Å². The Hall–Kier alpha value is -2.30. The van der Waals surface area contributed by atoms with E-state index in [2.05, 4.69) is 22.1 Å². The number of nitrogens with zero attached hydrogens (tertiary/aromatic N) is 1. The molecule has 1 aromatic carbocycles. The summed E-state index contributed by atoms with van der Waals surface area (Å²) in [5.74, 6) is -0.292. The van der Waals surface area contributed by atoms with Crippen molar-refractivity contribution in [1.82, 2.24) is 4.57 Å². The predicted molar refractivity (Wildman–Crippen MR) is 80.8 cm³/mol. The molecule has 110 valence electrons. The molecule has 3 rings (SSSR count). The third kappa shape index (κ3) is 2.91. The van der Waals surface area contributed by atoms with Gasteiger partial charge in [-0.2, -0.15) is 0 Å². The van der Waals surface area contributed by atoms with E-state index in [-0.39, 0.29) is 11.7 Å². The van der Waals surface area contributed by atoms with Crippen molar-refractivity contribution in [3.05, 3.63) is 47.5 Å². The summed E-state index contributed by atoms with van der Waals surface area (Å²) in [5.41, 5.74) is 3.08. The quantitative estimate of drug-likeness (QED) is 0.907. The first-order valence-electron chi connectivity index (χ1n) is 7.16. The second-order valence-corrected chi connectivity index (χ2v) is 5.24. The van der Waals surface area contributed by atoms with Gasteiger partial charge in [-0.15, -0.1) is 0 Å². The summed E-state index contributed by atoms with van der Waals surface area (Å²) >= 11 is 0. The van der Waals surface area contributed by atoms with Crippen LogP contribution in [0, 0.1) is 5.82 Å². The Morgan fingerprint density at radius 1 is 1.38 bits per heavy atom. The van der Waals surface area contributed by atoms with Crippen LogP contribution in [0.4, 0.5) is 15.8 Å². The standard InChI is InChI=1S/C16H18FN3O/c1-2-20-6-5-11(10-20)9-18-15-8-14-12(7-13(15)17)3-4-16(21)19-14/h5-8,10,18H,2-4,9H2,1H3,(H,19,21). The van der Waals surface area contributed by atoms with Gasteiger partial charge in [-0.05, 0) is 42.7 Å². The van der Waals surface area contributed by atoms with Crippen LogP contribution >= 0.6 is 0 Å². The van der Waals surface area contributed by atoms with E-state index in [0.29, 0.717) is 30.8 Å². The van der Waals surface area contributed by atoms with Crippen molar-refractivity contribution in [2.24, 2.45) is 0 Å². The van der Waals surface area contributed by atoms with Crippen LogP contribution in [-0.2, 0) is 24.3 Å². The predicted octanol–water partition coefficient (Wildman–Crippen LogP) is 3.14. The lowest BCUT2D eigenvalue weighted by molar-refractivity contribution is -0.116. The first-order chi connectivity index (χ1) is 10.2. The number of anilines is 2. The van der Waals surface area contributed by atoms with E-state index in [0.717, 1.165) is 17.7 Å². The van der Waals surface area contributed by atoms with Crippen molar-refractivity contribution in [1.29, 1.82) is 0 Å². The van der Waals surface area contributed by atoms with Crippen molar-refractivity contribution >= 4 is 17.3 Å². The van der Waals surface area contributed by atoms with Crippen LogP contribution in [0.1, 0.15) is 24.5 Å². The number of aryl methyl sites for hydroxylation is 2. The van der Waals surface area contributed by atoms with Crippen LogP contribution in [0.2, 0.25) is 0 Å². The third-order valence-corrected chi connectivity index (χ3v) is 3.75. The zero-order chi connectivity index (χ0) is 14.8. The largest absolute Gasteiger partial charge is 0.378 e. The molecule has 21 heavy (non-hydrogen) atoms. The lowest BCUT2D eigenvalue weighted by Gasteiger charge is -2.18. The van der Waals surface area contributed by atoms with Gasteiger partial charge >= 0.3 is 0 Å². The van der Waals surface area contributed by atoms with E-state index < -0.39 is 0 Å². The summed E-state index contributed by atoms with van der Waals surface area (Å²) in [4.78, 5) is 11.4. The molecule has 0 aliphatic carbocycles. The highest BCUT2D eigenvalue weighted by Crippen LogP contribution is 2.28. The SMILES string of the molecule is CCn1ccc(CNc2cc3c(cc2F)CCC(=O)N3)c1. The fraction of sp³-hybridized carbons (Fsp3) is 0.312. The number of hydrogen-bond acceptors (Lipinski definition) is 2. The van der Waals surface area contributed by atoms with Gasteiger partial charge in [-0.25, -0.2) is 4.39 Å². The van der Waals surface area contributed by atoms with E-state index >= 15 is 0 Å². The number of benzene rings is 1. The number of nitrogens with one attached hydrogen (secondary N) is 2. The summed E-state index contributed by atoms with van der Waals surface area (Å²) in [6.45, 7) is 3.54. The van der Waals surface area contributed by atoms with E-state index in [1.54, 1.807) is 6.07 Å². The molecule has 5 heteroatoms. The average molecular weight is 287 g/mol. The van der Waals surface area contributed by atoms with Crippen molar-refractivity contribution < 1.29 is 9.18 Å². The Morgan fingerprint density at radius 2 is 2.24 bits per heavy atom. The Bertz CT molecular complexity index is 678. The molecule has 1 aromatic heterocycles. The number of halogens is 1. The van der Waals surface area contributed by atoms with E-state index in [9.17, 15) is 9.18 Å². The molecule has 0 saturated carbocycles. The van der Waals surface area contributed by atoms with Crippen LogP contribution in [0.5, 0.6) is 0 Å². The summed E-state index contributed by atoms with van der Waals surface area (Å²) < 4.78 is 16.1. The zero-order valence-corrected chi connectivity index (χ0v) is 11.9. The molecule has 4 nitrogen and oxygen atoms in total. The van der Waals surface area contributed by atoms with Gasteiger partial charge in [0.1, 0.15) is 5.82 Å². The molecular formula is C16H18FN3O. The molecule has 0 bridgehead atoms. The molecule has 0 radical (unpaired) electrons. The molecule has 0 unspecified atom stereocenters. The summed E-state index contributed by atoms with van der Waals surface area (Å²) in [5, 5.41) is 5.88. The minimum atomic E-state index is -0.278. The Kier molecular flexibility index (Phi) is 3.64. The number of fused-ring (bicyclic) bond motifs is 1. The van der Waals surface area contributed by atoms with Crippen molar-refractivity contribution in [2.75, 3.05) is 10.6 Å². The molecule has 0 atom stereocenters. The number of rotatable bonds is 4. The molecule has 0 fully saturated rings. The summed E-state index contributed by atoms with van der Waals surface area (Å²) in [6.07, 6.45) is 5.05. The van der Waals surface area contributed by atoms with Gasteiger partial charge in [0.25, 0.3) is 0 Å². The number of aromatic nitrogens is 1. The maximum absolute atomic E-state index is 14.1. The first kappa shape index (κ1) is 13.7. The molecule has 0 spiro atoms. The lowest BCUT2D eigenvalue weighted by Crippen LogP contribution is -2.19. The van der Waals surface area contributed by atoms with Gasteiger partial charge in [0.15, 0.2) is 0 Å². The van der Waals surface area contributed by atoms with Gasteiger partial charge in [-0.1, -0.05) is 0 Å². The zero-order valence-electron chi connectivity index (χ0n) is 11.9. The van der Waals surface area contributed by atoms with Crippen LogP contribution in [-0.4, -0.2) is 10.5 Å². The maximum Gasteiger partial charge on any atom is 0.224 e. The lowest BCUT2D eigenvalue weighted by atomic mass is 10.0. The second-order valence-electron chi connectivity index (χ2n) is 5.24. The maximum atomic E-state index is 14.1. The average Bonchev–Trinajstić information content (AvgIpc) is 2.93. The van der Waals surface area contributed by atoms with Gasteiger partial charge in [0.2, 0.25) is 5.91 Å². The summed E-state index contributed by atoms with van der Waals surface area (Å²) in [6, 6.07) is 5.20. The fourth-order valence-corrected chi connectivity index (χ4v) is 2.52. The van der Waals surface area contributed by atoms with Gasteiger partial charge in [-0.3, -0.25) is 4.79 Å². The molecule has 2 aromatic rings. The van der Waals surface area contributed by atoms with Crippen LogP contribution in [0.25, 0.3) is 0 Å². The highest BCUT2D eigenvalue weighted by molar-refractivity contribution is 5.94. The highest BCUT2D eigenvalue weighted by atomic mass is 19.1. The first-order valence-corrected chi connectivity index (χ1v) is 7.16. The molecule has 0 saturated heterocycles. The van der Waals surface area contributed by atoms with E-state index in [4.69, 9.17) is 0 Å². The minimum Gasteiger partial charge on any atom is -0.378 e. The molecule has 2 heterocycles. The van der Waals surface area contributed by atoms with Gasteiger partial charge in [0.05, 0.1) is 5.69 Å². The van der Waals surface area contributed by atoms with Crippen LogP contribution in [0.15, 0.2) is 30.6 Å². The minimum absolute atomic E-state index is 0.0138. The molecule has 1 aliphatic heterocycles. The molecule has 1 amide bonds. The Balaban J connectivity index is 1.76. The smallest absolute Gasteiger partial charge is 0.224 e. The van der Waals surface area contributed by atoms with Crippen LogP contribution in [0.3, 0.4) is 0 Å². The van der Waals surface area contributed by atoms with E-state index in [1.807, 2.05) is 18.5 Å². The molecular weight excluding hydrogens is 269 g/mol. The monoisotopic (exact) mass is 287 g/mol. The highest BCUT2D eigenvalue weighted by Gasteiger charge is 2.17. The normalized spacial score (nSPS) is 13.7.